The van der Waals surface area contributed by atoms with Gasteiger partial charge in [-0.3, -0.25) is 4.79 Å². The Morgan fingerprint density at radius 2 is 2.25 bits per heavy atom. The molecule has 106 valence electrons. The molecule has 2 aromatic rings. The smallest absolute Gasteiger partial charge is 0.226 e. The molecule has 0 spiro atoms. The van der Waals surface area contributed by atoms with E-state index in [0.29, 0.717) is 16.4 Å². The van der Waals surface area contributed by atoms with Crippen LogP contribution >= 0.6 is 15.9 Å². The summed E-state index contributed by atoms with van der Waals surface area (Å²) >= 11 is 3.63. The Kier molecular flexibility index (Phi) is 4.05. The van der Waals surface area contributed by atoms with E-state index in [9.17, 15) is 4.79 Å². The fraction of sp³-hybridized carbons (Fsp3) is 0.467. The lowest BCUT2D eigenvalue weighted by Crippen LogP contribution is -2.29. The highest BCUT2D eigenvalue weighted by atomic mass is 79.9. The molecule has 1 amide bonds. The lowest BCUT2D eigenvalue weighted by Gasteiger charge is -2.10. The summed E-state index contributed by atoms with van der Waals surface area (Å²) in [6.07, 6.45) is 3.81. The highest BCUT2D eigenvalue weighted by Crippen LogP contribution is 2.30. The molecule has 1 N–H and O–H groups in total. The minimum Gasteiger partial charge on any atom is -0.356 e. The molecule has 0 aliphatic heterocycles. The average molecular weight is 337 g/mol. The van der Waals surface area contributed by atoms with E-state index in [1.807, 2.05) is 24.3 Å². The predicted molar refractivity (Wildman–Crippen MR) is 80.8 cm³/mol. The first-order valence-corrected chi connectivity index (χ1v) is 7.88. The summed E-state index contributed by atoms with van der Waals surface area (Å²) in [5.41, 5.74) is 1.44. The minimum atomic E-state index is 0.0158. The van der Waals surface area contributed by atoms with Gasteiger partial charge in [-0.05, 0) is 37.3 Å². The van der Waals surface area contributed by atoms with Crippen molar-refractivity contribution in [3.05, 3.63) is 30.0 Å². The quantitative estimate of drug-likeness (QED) is 0.873. The molecule has 0 saturated heterocycles. The van der Waals surface area contributed by atoms with Gasteiger partial charge >= 0.3 is 0 Å². The summed E-state index contributed by atoms with van der Waals surface area (Å²) in [6.45, 7) is 0.761. The molecular formula is C15H17BrN2O2. The lowest BCUT2D eigenvalue weighted by atomic mass is 10.1. The Hall–Kier alpha value is -1.36. The van der Waals surface area contributed by atoms with Gasteiger partial charge in [0.2, 0.25) is 5.91 Å². The maximum absolute atomic E-state index is 12.0. The summed E-state index contributed by atoms with van der Waals surface area (Å²) < 4.78 is 5.21. The highest BCUT2D eigenvalue weighted by molar-refractivity contribution is 9.09. The van der Waals surface area contributed by atoms with Crippen molar-refractivity contribution in [2.45, 2.75) is 30.5 Å². The fourth-order valence-corrected chi connectivity index (χ4v) is 3.53. The normalized spacial score (nSPS) is 22.2. The third-order valence-corrected chi connectivity index (χ3v) is 4.68. The SMILES string of the molecule is O=C(Cc1noc2ccccc12)NCC1CCC(Br)C1. The van der Waals surface area contributed by atoms with Gasteiger partial charge in [0, 0.05) is 16.8 Å². The van der Waals surface area contributed by atoms with Crippen molar-refractivity contribution in [3.8, 4) is 0 Å². The molecule has 1 saturated carbocycles. The largest absolute Gasteiger partial charge is 0.356 e. The molecule has 1 aliphatic carbocycles. The monoisotopic (exact) mass is 336 g/mol. The van der Waals surface area contributed by atoms with Gasteiger partial charge in [0.15, 0.2) is 5.58 Å². The second-order valence-corrected chi connectivity index (χ2v) is 6.68. The number of benzene rings is 1. The van der Waals surface area contributed by atoms with Gasteiger partial charge in [-0.2, -0.15) is 0 Å². The standard InChI is InChI=1S/C15H17BrN2O2/c16-11-6-5-10(7-11)9-17-15(19)8-13-12-3-1-2-4-14(12)20-18-13/h1-4,10-11H,5-9H2,(H,17,19). The van der Waals surface area contributed by atoms with Gasteiger partial charge in [-0.1, -0.05) is 33.2 Å². The molecule has 0 bridgehead atoms. The number of hydrogen-bond donors (Lipinski definition) is 1. The van der Waals surface area contributed by atoms with Crippen molar-refractivity contribution in [2.75, 3.05) is 6.54 Å². The van der Waals surface area contributed by atoms with Crippen LogP contribution in [-0.2, 0) is 11.2 Å². The molecule has 4 nitrogen and oxygen atoms in total. The van der Waals surface area contributed by atoms with Crippen LogP contribution in [0, 0.1) is 5.92 Å². The van der Waals surface area contributed by atoms with E-state index in [1.165, 1.54) is 12.8 Å². The molecule has 1 aromatic carbocycles. The highest BCUT2D eigenvalue weighted by Gasteiger charge is 2.23. The number of carbonyl (C=O) groups is 1. The molecule has 3 rings (SSSR count). The molecule has 2 unspecified atom stereocenters. The first kappa shape index (κ1) is 13.6. The number of aromatic nitrogens is 1. The van der Waals surface area contributed by atoms with E-state index in [-0.39, 0.29) is 12.3 Å². The van der Waals surface area contributed by atoms with Crippen LogP contribution in [-0.4, -0.2) is 22.4 Å². The third kappa shape index (κ3) is 3.03. The van der Waals surface area contributed by atoms with E-state index in [0.717, 1.165) is 23.9 Å². The van der Waals surface area contributed by atoms with Crippen molar-refractivity contribution >= 4 is 32.8 Å². The Bertz CT molecular complexity index is 611. The summed E-state index contributed by atoms with van der Waals surface area (Å²) in [7, 11) is 0. The number of hydrogen-bond acceptors (Lipinski definition) is 3. The van der Waals surface area contributed by atoms with Crippen LogP contribution in [0.5, 0.6) is 0 Å². The number of rotatable bonds is 4. The number of alkyl halides is 1. The van der Waals surface area contributed by atoms with Crippen LogP contribution in [0.15, 0.2) is 28.8 Å². The van der Waals surface area contributed by atoms with Crippen LogP contribution in [0.4, 0.5) is 0 Å². The zero-order valence-corrected chi connectivity index (χ0v) is 12.7. The molecular weight excluding hydrogens is 320 g/mol. The molecule has 0 radical (unpaired) electrons. The number of halogens is 1. The molecule has 5 heteroatoms. The third-order valence-electron chi connectivity index (χ3n) is 3.85. The van der Waals surface area contributed by atoms with Crippen molar-refractivity contribution in [1.29, 1.82) is 0 Å². The molecule has 1 aliphatic rings. The molecule has 1 heterocycles. The van der Waals surface area contributed by atoms with E-state index in [2.05, 4.69) is 26.4 Å². The Labute approximate surface area is 126 Å². The first-order valence-electron chi connectivity index (χ1n) is 6.96. The van der Waals surface area contributed by atoms with Crippen molar-refractivity contribution in [1.82, 2.24) is 10.5 Å². The maximum Gasteiger partial charge on any atom is 0.226 e. The number of carbonyl (C=O) groups excluding carboxylic acids is 1. The van der Waals surface area contributed by atoms with Gasteiger partial charge in [0.1, 0.15) is 5.69 Å². The van der Waals surface area contributed by atoms with Crippen LogP contribution in [0.1, 0.15) is 25.0 Å². The fourth-order valence-electron chi connectivity index (χ4n) is 2.74. The predicted octanol–water partition coefficient (Wildman–Crippen LogP) is 3.05. The number of amides is 1. The summed E-state index contributed by atoms with van der Waals surface area (Å²) in [4.78, 5) is 12.6. The Morgan fingerprint density at radius 1 is 1.40 bits per heavy atom. The lowest BCUT2D eigenvalue weighted by molar-refractivity contribution is -0.120. The van der Waals surface area contributed by atoms with Crippen molar-refractivity contribution in [3.63, 3.8) is 0 Å². The van der Waals surface area contributed by atoms with Gasteiger partial charge in [0.25, 0.3) is 0 Å². The van der Waals surface area contributed by atoms with Crippen LogP contribution in [0.2, 0.25) is 0 Å². The zero-order valence-electron chi connectivity index (χ0n) is 11.1. The van der Waals surface area contributed by atoms with Gasteiger partial charge in [0.05, 0.1) is 6.42 Å². The zero-order chi connectivity index (χ0) is 13.9. The van der Waals surface area contributed by atoms with Crippen LogP contribution in [0.3, 0.4) is 0 Å². The van der Waals surface area contributed by atoms with E-state index in [4.69, 9.17) is 4.52 Å². The summed E-state index contributed by atoms with van der Waals surface area (Å²) in [6, 6.07) is 7.61. The average Bonchev–Trinajstić information content (AvgIpc) is 3.04. The minimum absolute atomic E-state index is 0.0158. The van der Waals surface area contributed by atoms with Crippen molar-refractivity contribution in [2.24, 2.45) is 5.92 Å². The summed E-state index contributed by atoms with van der Waals surface area (Å²) in [5.74, 6) is 0.611. The topological polar surface area (TPSA) is 55.1 Å². The molecule has 20 heavy (non-hydrogen) atoms. The van der Waals surface area contributed by atoms with Gasteiger partial charge in [-0.15, -0.1) is 0 Å². The second kappa shape index (κ2) is 5.95. The van der Waals surface area contributed by atoms with Crippen LogP contribution in [0.25, 0.3) is 11.0 Å². The molecule has 1 fully saturated rings. The Morgan fingerprint density at radius 3 is 3.05 bits per heavy atom. The van der Waals surface area contributed by atoms with Gasteiger partial charge in [-0.25, -0.2) is 0 Å². The van der Waals surface area contributed by atoms with Crippen molar-refractivity contribution < 1.29 is 9.32 Å². The second-order valence-electron chi connectivity index (χ2n) is 5.38. The molecule has 2 atom stereocenters. The first-order chi connectivity index (χ1) is 9.72. The van der Waals surface area contributed by atoms with E-state index in [1.54, 1.807) is 0 Å². The summed E-state index contributed by atoms with van der Waals surface area (Å²) in [5, 5.41) is 7.91. The number of nitrogens with one attached hydrogen (secondary N) is 1. The maximum atomic E-state index is 12.0. The Balaban J connectivity index is 1.56. The van der Waals surface area contributed by atoms with Gasteiger partial charge < -0.3 is 9.84 Å². The van der Waals surface area contributed by atoms with E-state index < -0.39 is 0 Å². The van der Waals surface area contributed by atoms with Crippen LogP contribution < -0.4 is 5.32 Å². The molecule has 1 aromatic heterocycles. The number of nitrogens with zero attached hydrogens (tertiary/aromatic N) is 1. The number of para-hydroxylation sites is 1. The number of fused-ring (bicyclic) bond motifs is 1. The van der Waals surface area contributed by atoms with E-state index >= 15 is 0 Å².